The maximum Gasteiger partial charge on any atom is 0.307 e. The van der Waals surface area contributed by atoms with Crippen molar-refractivity contribution in [2.75, 3.05) is 25.0 Å². The number of rotatable bonds is 7. The summed E-state index contributed by atoms with van der Waals surface area (Å²) in [4.78, 5) is 37.2. The number of carbonyl (C=O) groups excluding carboxylic acids is 2. The minimum absolute atomic E-state index is 0.0103. The third-order valence-corrected chi connectivity index (χ3v) is 4.90. The van der Waals surface area contributed by atoms with Crippen molar-refractivity contribution in [3.63, 3.8) is 0 Å². The van der Waals surface area contributed by atoms with Gasteiger partial charge in [0.1, 0.15) is 5.75 Å². The summed E-state index contributed by atoms with van der Waals surface area (Å²) in [6.45, 7) is 1.03. The molecule has 1 aliphatic heterocycles. The molecule has 2 amide bonds. The van der Waals surface area contributed by atoms with Gasteiger partial charge in [-0.05, 0) is 42.7 Å². The van der Waals surface area contributed by atoms with Crippen molar-refractivity contribution in [1.82, 2.24) is 4.90 Å². The number of ether oxygens (including phenoxy) is 1. The Morgan fingerprint density at radius 2 is 1.66 bits per heavy atom. The first-order valence-electron chi connectivity index (χ1n) is 9.58. The maximum atomic E-state index is 12.5. The number of carboxylic acids is 1. The summed E-state index contributed by atoms with van der Waals surface area (Å²) in [6, 6.07) is 16.0. The zero-order chi connectivity index (χ0) is 20.6. The fourth-order valence-corrected chi connectivity index (χ4v) is 3.27. The van der Waals surface area contributed by atoms with Crippen LogP contribution in [0.25, 0.3) is 0 Å². The van der Waals surface area contributed by atoms with Gasteiger partial charge in [0.25, 0.3) is 5.91 Å². The number of hydrogen-bond acceptors (Lipinski definition) is 4. The number of carbonyl (C=O) groups is 3. The molecule has 1 fully saturated rings. The van der Waals surface area contributed by atoms with E-state index in [4.69, 9.17) is 9.84 Å². The van der Waals surface area contributed by atoms with Crippen LogP contribution in [0, 0.1) is 5.92 Å². The Balaban J connectivity index is 1.43. The smallest absolute Gasteiger partial charge is 0.307 e. The van der Waals surface area contributed by atoms with Crippen molar-refractivity contribution in [2.45, 2.75) is 19.3 Å². The largest absolute Gasteiger partial charge is 0.484 e. The molecule has 0 spiro atoms. The third-order valence-electron chi connectivity index (χ3n) is 4.90. The lowest BCUT2D eigenvalue weighted by Crippen LogP contribution is -2.43. The van der Waals surface area contributed by atoms with E-state index in [0.717, 1.165) is 0 Å². The van der Waals surface area contributed by atoms with E-state index >= 15 is 0 Å². The molecule has 7 heteroatoms. The summed E-state index contributed by atoms with van der Waals surface area (Å²) in [6.07, 6.45) is 1.15. The van der Waals surface area contributed by atoms with Gasteiger partial charge in [0, 0.05) is 24.7 Å². The first-order chi connectivity index (χ1) is 14.0. The minimum atomic E-state index is -0.891. The number of anilines is 1. The molecule has 1 saturated heterocycles. The van der Waals surface area contributed by atoms with E-state index in [0.29, 0.717) is 42.9 Å². The predicted octanol–water partition coefficient (Wildman–Crippen LogP) is 2.57. The third kappa shape index (κ3) is 6.07. The molecule has 0 unspecified atom stereocenters. The lowest BCUT2D eigenvalue weighted by atomic mass is 9.95. The quantitative estimate of drug-likeness (QED) is 0.750. The second kappa shape index (κ2) is 9.73. The molecule has 0 aromatic heterocycles. The molecular formula is C22H24N2O5. The number of benzene rings is 2. The van der Waals surface area contributed by atoms with Crippen LogP contribution in [0.3, 0.4) is 0 Å². The van der Waals surface area contributed by atoms with Gasteiger partial charge in [-0.15, -0.1) is 0 Å². The maximum absolute atomic E-state index is 12.5. The van der Waals surface area contributed by atoms with Crippen molar-refractivity contribution in [1.29, 1.82) is 0 Å². The molecular weight excluding hydrogens is 372 g/mol. The molecule has 0 saturated carbocycles. The Kier molecular flexibility index (Phi) is 6.84. The molecule has 7 nitrogen and oxygen atoms in total. The molecule has 3 rings (SSSR count). The van der Waals surface area contributed by atoms with Crippen LogP contribution < -0.4 is 10.1 Å². The summed E-state index contributed by atoms with van der Waals surface area (Å²) in [5, 5.41) is 11.7. The molecule has 1 heterocycles. The predicted molar refractivity (Wildman–Crippen MR) is 108 cm³/mol. The lowest BCUT2D eigenvalue weighted by molar-refractivity contribution is -0.136. The Morgan fingerprint density at radius 3 is 2.28 bits per heavy atom. The van der Waals surface area contributed by atoms with Crippen molar-refractivity contribution in [3.05, 3.63) is 60.2 Å². The topological polar surface area (TPSA) is 95.9 Å². The zero-order valence-electron chi connectivity index (χ0n) is 16.0. The highest BCUT2D eigenvalue weighted by atomic mass is 16.5. The summed E-state index contributed by atoms with van der Waals surface area (Å²) in [5.41, 5.74) is 1.32. The molecule has 2 aromatic carbocycles. The van der Waals surface area contributed by atoms with Crippen LogP contribution in [0.4, 0.5) is 5.69 Å². The molecule has 1 aliphatic rings. The Bertz CT molecular complexity index is 843. The Hall–Kier alpha value is -3.35. The normalized spacial score (nSPS) is 14.3. The van der Waals surface area contributed by atoms with Crippen LogP contribution in [0.15, 0.2) is 54.6 Å². The van der Waals surface area contributed by atoms with Gasteiger partial charge in [-0.25, -0.2) is 0 Å². The summed E-state index contributed by atoms with van der Waals surface area (Å²) in [5.74, 6) is -0.556. The highest BCUT2D eigenvalue weighted by Crippen LogP contribution is 2.20. The van der Waals surface area contributed by atoms with Crippen LogP contribution in [0.5, 0.6) is 5.75 Å². The molecule has 0 bridgehead atoms. The number of aliphatic carboxylic acids is 1. The number of amides is 2. The molecule has 0 radical (unpaired) electrons. The number of piperidine rings is 1. The van der Waals surface area contributed by atoms with Crippen molar-refractivity contribution < 1.29 is 24.2 Å². The zero-order valence-corrected chi connectivity index (χ0v) is 16.0. The van der Waals surface area contributed by atoms with Gasteiger partial charge in [0.05, 0.1) is 6.42 Å². The lowest BCUT2D eigenvalue weighted by Gasteiger charge is -2.31. The van der Waals surface area contributed by atoms with E-state index in [1.807, 2.05) is 18.2 Å². The number of carboxylic acid groups (broad SMARTS) is 1. The fraction of sp³-hybridized carbons (Fsp3) is 0.318. The summed E-state index contributed by atoms with van der Waals surface area (Å²) < 4.78 is 5.50. The van der Waals surface area contributed by atoms with Crippen LogP contribution in [0.2, 0.25) is 0 Å². The van der Waals surface area contributed by atoms with E-state index in [2.05, 4.69) is 5.32 Å². The highest BCUT2D eigenvalue weighted by Gasteiger charge is 2.27. The van der Waals surface area contributed by atoms with Gasteiger partial charge in [0.15, 0.2) is 6.61 Å². The van der Waals surface area contributed by atoms with Crippen molar-refractivity contribution >= 4 is 23.5 Å². The Labute approximate surface area is 169 Å². The first kappa shape index (κ1) is 20.4. The first-order valence-corrected chi connectivity index (χ1v) is 9.58. The average Bonchev–Trinajstić information content (AvgIpc) is 2.74. The van der Waals surface area contributed by atoms with Gasteiger partial charge in [-0.1, -0.05) is 30.3 Å². The monoisotopic (exact) mass is 396 g/mol. The van der Waals surface area contributed by atoms with E-state index < -0.39 is 5.97 Å². The molecule has 2 aromatic rings. The summed E-state index contributed by atoms with van der Waals surface area (Å²) in [7, 11) is 0. The van der Waals surface area contributed by atoms with Crippen LogP contribution in [0.1, 0.15) is 18.4 Å². The van der Waals surface area contributed by atoms with Gasteiger partial charge >= 0.3 is 5.97 Å². The van der Waals surface area contributed by atoms with Crippen molar-refractivity contribution in [2.24, 2.45) is 5.92 Å². The van der Waals surface area contributed by atoms with Gasteiger partial charge < -0.3 is 20.1 Å². The van der Waals surface area contributed by atoms with Gasteiger partial charge in [-0.2, -0.15) is 0 Å². The Morgan fingerprint density at radius 1 is 1.00 bits per heavy atom. The number of likely N-dealkylation sites (tertiary alicyclic amines) is 1. The van der Waals surface area contributed by atoms with Crippen molar-refractivity contribution in [3.8, 4) is 5.75 Å². The molecule has 2 N–H and O–H groups in total. The van der Waals surface area contributed by atoms with E-state index in [1.54, 1.807) is 41.3 Å². The van der Waals surface area contributed by atoms with E-state index in [-0.39, 0.29) is 30.8 Å². The molecule has 0 atom stereocenters. The van der Waals surface area contributed by atoms with Gasteiger partial charge in [0.2, 0.25) is 5.91 Å². The summed E-state index contributed by atoms with van der Waals surface area (Å²) >= 11 is 0. The second-order valence-corrected chi connectivity index (χ2v) is 7.01. The standard InChI is InChI=1S/C22H24N2O5/c25-20(15-29-19-4-2-1-3-5-19)24-12-10-17(11-13-24)22(28)23-18-8-6-16(7-9-18)14-21(26)27/h1-9,17H,10-15H2,(H,23,28)(H,26,27). The molecule has 152 valence electrons. The minimum Gasteiger partial charge on any atom is -0.484 e. The molecule has 29 heavy (non-hydrogen) atoms. The average molecular weight is 396 g/mol. The number of para-hydroxylation sites is 1. The number of nitrogens with zero attached hydrogens (tertiary/aromatic N) is 1. The molecule has 0 aliphatic carbocycles. The second-order valence-electron chi connectivity index (χ2n) is 7.01. The number of nitrogens with one attached hydrogen (secondary N) is 1. The van der Waals surface area contributed by atoms with Crippen LogP contribution in [-0.4, -0.2) is 47.5 Å². The van der Waals surface area contributed by atoms with E-state index in [1.165, 1.54) is 0 Å². The van der Waals surface area contributed by atoms with Crippen LogP contribution >= 0.6 is 0 Å². The fourth-order valence-electron chi connectivity index (χ4n) is 3.27. The SMILES string of the molecule is O=C(O)Cc1ccc(NC(=O)C2CCN(C(=O)COc3ccccc3)CC2)cc1. The van der Waals surface area contributed by atoms with Crippen LogP contribution in [-0.2, 0) is 20.8 Å². The highest BCUT2D eigenvalue weighted by molar-refractivity contribution is 5.92. The van der Waals surface area contributed by atoms with Gasteiger partial charge in [-0.3, -0.25) is 14.4 Å². The van der Waals surface area contributed by atoms with E-state index in [9.17, 15) is 14.4 Å². The number of hydrogen-bond donors (Lipinski definition) is 2.